The number of hydrogen-bond acceptors (Lipinski definition) is 4. The number of fused-ring (bicyclic) bond motifs is 4. The molecule has 2 N–H and O–H groups in total. The van der Waals surface area contributed by atoms with Crippen molar-refractivity contribution in [3.05, 3.63) is 71.2 Å². The lowest BCUT2D eigenvalue weighted by Crippen LogP contribution is -2.64. The summed E-state index contributed by atoms with van der Waals surface area (Å²) in [4.78, 5) is 20.2. The number of aromatic nitrogens is 1. The summed E-state index contributed by atoms with van der Waals surface area (Å²) in [6.07, 6.45) is 9.51. The fraction of sp³-hybridized carbons (Fsp3) is 0.440. The lowest BCUT2D eigenvalue weighted by atomic mass is 9.55. The van der Waals surface area contributed by atoms with E-state index in [-0.39, 0.29) is 17.9 Å². The lowest BCUT2D eigenvalue weighted by molar-refractivity contribution is -0.142. The minimum atomic E-state index is -0.820. The quantitative estimate of drug-likeness (QED) is 0.833. The van der Waals surface area contributed by atoms with Gasteiger partial charge in [-0.05, 0) is 79.4 Å². The van der Waals surface area contributed by atoms with Crippen molar-refractivity contribution in [2.24, 2.45) is 23.0 Å². The highest BCUT2D eigenvalue weighted by atomic mass is 16.5. The Balaban J connectivity index is 1.62. The third-order valence-electron chi connectivity index (χ3n) is 7.61. The number of carbonyl (C=O) groups is 1. The molecule has 3 fully saturated rings. The molecule has 30 heavy (non-hydrogen) atoms. The summed E-state index contributed by atoms with van der Waals surface area (Å²) in [7, 11) is 1.68. The Kier molecular flexibility index (Phi) is 4.86. The van der Waals surface area contributed by atoms with Gasteiger partial charge in [0.25, 0.3) is 0 Å². The van der Waals surface area contributed by atoms with E-state index < -0.39 is 5.41 Å². The van der Waals surface area contributed by atoms with Crippen molar-refractivity contribution in [1.82, 2.24) is 9.88 Å². The smallest absolute Gasteiger partial charge is 0.231 e. The van der Waals surface area contributed by atoms with Crippen LogP contribution in [0.25, 0.3) is 6.08 Å². The Hall–Kier alpha value is -2.66. The van der Waals surface area contributed by atoms with E-state index in [1.165, 1.54) is 11.1 Å². The third-order valence-corrected chi connectivity index (χ3v) is 7.61. The zero-order chi connectivity index (χ0) is 20.7. The highest BCUT2D eigenvalue weighted by Crippen LogP contribution is 2.54. The molecule has 3 aliphatic heterocycles. The van der Waals surface area contributed by atoms with Gasteiger partial charge in [-0.15, -0.1) is 0 Å². The maximum absolute atomic E-state index is 13.3. The monoisotopic (exact) mass is 403 g/mol. The number of amides is 1. The van der Waals surface area contributed by atoms with Gasteiger partial charge < -0.3 is 10.5 Å². The van der Waals surface area contributed by atoms with E-state index in [1.807, 2.05) is 36.7 Å². The maximum Gasteiger partial charge on any atom is 0.231 e. The van der Waals surface area contributed by atoms with E-state index in [0.29, 0.717) is 12.3 Å². The molecule has 5 nitrogen and oxygen atoms in total. The van der Waals surface area contributed by atoms with Crippen molar-refractivity contribution in [2.75, 3.05) is 20.2 Å². The van der Waals surface area contributed by atoms with Crippen LogP contribution in [-0.2, 0) is 22.4 Å². The van der Waals surface area contributed by atoms with Crippen LogP contribution in [0.15, 0.2) is 54.6 Å². The number of benzene rings is 1. The van der Waals surface area contributed by atoms with E-state index in [0.717, 1.165) is 43.7 Å². The standard InChI is InChI=1S/C25H29N3O2/c1-30-22-14-19-6-2-3-7-20(19)15-25(22,24(26)29)23-18-8-11-28(12-9-18)21(23)13-17-5-4-10-27-16-17/h2-7,10,14,16,18,21,23H,8-9,11-13,15H2,1H3,(H2,26,29). The molecule has 0 spiro atoms. The fourth-order valence-electron chi connectivity index (χ4n) is 6.29. The molecule has 1 aliphatic carbocycles. The zero-order valence-electron chi connectivity index (χ0n) is 17.5. The van der Waals surface area contributed by atoms with Gasteiger partial charge in [0.05, 0.1) is 7.11 Å². The Labute approximate surface area is 177 Å². The molecule has 0 saturated carbocycles. The SMILES string of the molecule is COC1=Cc2ccccc2CC1(C(N)=O)C1C2CCN(CC2)C1Cc1cccnc1. The van der Waals surface area contributed by atoms with Crippen molar-refractivity contribution in [3.63, 3.8) is 0 Å². The fourth-order valence-corrected chi connectivity index (χ4v) is 6.29. The normalized spacial score (nSPS) is 32.2. The first kappa shape index (κ1) is 19.3. The second-order valence-electron chi connectivity index (χ2n) is 8.96. The molecular weight excluding hydrogens is 374 g/mol. The van der Waals surface area contributed by atoms with Crippen LogP contribution in [0.2, 0.25) is 0 Å². The van der Waals surface area contributed by atoms with Crippen LogP contribution in [0.4, 0.5) is 0 Å². The number of pyridine rings is 1. The minimum absolute atomic E-state index is 0.122. The number of methoxy groups -OCH3 is 1. The molecule has 1 amide bonds. The van der Waals surface area contributed by atoms with Gasteiger partial charge in [0, 0.05) is 18.4 Å². The predicted octanol–water partition coefficient (Wildman–Crippen LogP) is 3.05. The highest BCUT2D eigenvalue weighted by molar-refractivity contribution is 5.88. The number of rotatable bonds is 5. The van der Waals surface area contributed by atoms with Crippen molar-refractivity contribution in [1.29, 1.82) is 0 Å². The first-order valence-corrected chi connectivity index (χ1v) is 10.9. The van der Waals surface area contributed by atoms with Crippen LogP contribution < -0.4 is 5.73 Å². The highest BCUT2D eigenvalue weighted by Gasteiger charge is 2.59. The van der Waals surface area contributed by atoms with Gasteiger partial charge in [0.1, 0.15) is 11.2 Å². The van der Waals surface area contributed by atoms with E-state index in [9.17, 15) is 4.79 Å². The van der Waals surface area contributed by atoms with Gasteiger partial charge in [-0.3, -0.25) is 14.7 Å². The molecule has 4 aliphatic rings. The first-order valence-electron chi connectivity index (χ1n) is 10.9. The third kappa shape index (κ3) is 2.95. The minimum Gasteiger partial charge on any atom is -0.500 e. The second kappa shape index (κ2) is 7.55. The first-order chi connectivity index (χ1) is 14.6. The van der Waals surface area contributed by atoms with Gasteiger partial charge in [-0.2, -0.15) is 0 Å². The van der Waals surface area contributed by atoms with Crippen molar-refractivity contribution in [3.8, 4) is 0 Å². The van der Waals surface area contributed by atoms with Gasteiger partial charge in [0.15, 0.2) is 0 Å². The second-order valence-corrected chi connectivity index (χ2v) is 8.96. The molecule has 3 atom stereocenters. The van der Waals surface area contributed by atoms with Crippen LogP contribution in [-0.4, -0.2) is 42.0 Å². The van der Waals surface area contributed by atoms with E-state index in [2.05, 4.69) is 28.1 Å². The van der Waals surface area contributed by atoms with Crippen LogP contribution in [0.5, 0.6) is 0 Å². The largest absolute Gasteiger partial charge is 0.500 e. The van der Waals surface area contributed by atoms with Gasteiger partial charge in [0.2, 0.25) is 5.91 Å². The van der Waals surface area contributed by atoms with Crippen molar-refractivity contribution < 1.29 is 9.53 Å². The summed E-state index contributed by atoms with van der Waals surface area (Å²) in [5, 5.41) is 0. The molecule has 3 saturated heterocycles. The Bertz CT molecular complexity index is 965. The van der Waals surface area contributed by atoms with Gasteiger partial charge in [-0.1, -0.05) is 30.3 Å². The summed E-state index contributed by atoms with van der Waals surface area (Å²) in [5.41, 5.74) is 8.94. The van der Waals surface area contributed by atoms with Crippen LogP contribution in [0.1, 0.15) is 29.5 Å². The number of ether oxygens (including phenoxy) is 1. The van der Waals surface area contributed by atoms with Gasteiger partial charge >= 0.3 is 0 Å². The summed E-state index contributed by atoms with van der Waals surface area (Å²) >= 11 is 0. The van der Waals surface area contributed by atoms with Crippen LogP contribution >= 0.6 is 0 Å². The molecule has 4 heterocycles. The number of carbonyl (C=O) groups excluding carboxylic acids is 1. The molecule has 3 unspecified atom stereocenters. The van der Waals surface area contributed by atoms with E-state index in [1.54, 1.807) is 7.11 Å². The molecule has 2 bridgehead atoms. The number of nitrogens with zero attached hydrogens (tertiary/aromatic N) is 2. The molecular formula is C25H29N3O2. The average Bonchev–Trinajstić information content (AvgIpc) is 2.79. The van der Waals surface area contributed by atoms with Crippen molar-refractivity contribution >= 4 is 12.0 Å². The molecule has 156 valence electrons. The Morgan fingerprint density at radius 3 is 2.73 bits per heavy atom. The molecule has 0 radical (unpaired) electrons. The molecule has 1 aromatic heterocycles. The number of piperidine rings is 3. The summed E-state index contributed by atoms with van der Waals surface area (Å²) in [6.45, 7) is 2.17. The van der Waals surface area contributed by atoms with Crippen LogP contribution in [0.3, 0.4) is 0 Å². The van der Waals surface area contributed by atoms with Gasteiger partial charge in [-0.25, -0.2) is 0 Å². The Morgan fingerprint density at radius 1 is 1.23 bits per heavy atom. The van der Waals surface area contributed by atoms with E-state index >= 15 is 0 Å². The zero-order valence-corrected chi connectivity index (χ0v) is 17.5. The van der Waals surface area contributed by atoms with Crippen LogP contribution in [0, 0.1) is 17.3 Å². The summed E-state index contributed by atoms with van der Waals surface area (Å²) < 4.78 is 5.91. The summed E-state index contributed by atoms with van der Waals surface area (Å²) in [5.74, 6) is 1.05. The summed E-state index contributed by atoms with van der Waals surface area (Å²) in [6, 6.07) is 12.6. The molecule has 5 heteroatoms. The Morgan fingerprint density at radius 2 is 2.03 bits per heavy atom. The predicted molar refractivity (Wildman–Crippen MR) is 116 cm³/mol. The van der Waals surface area contributed by atoms with E-state index in [4.69, 9.17) is 10.5 Å². The molecule has 1 aromatic carbocycles. The number of hydrogen-bond donors (Lipinski definition) is 1. The number of nitrogens with two attached hydrogens (primary N) is 1. The van der Waals surface area contributed by atoms with Crippen molar-refractivity contribution in [2.45, 2.75) is 31.7 Å². The average molecular weight is 404 g/mol. The molecule has 6 rings (SSSR count). The number of primary amides is 1. The topological polar surface area (TPSA) is 68.5 Å². The maximum atomic E-state index is 13.3. The molecule has 2 aromatic rings. The lowest BCUT2D eigenvalue weighted by Gasteiger charge is -2.57.